The van der Waals surface area contributed by atoms with Crippen LogP contribution in [0.2, 0.25) is 5.02 Å². The van der Waals surface area contributed by atoms with E-state index in [9.17, 15) is 4.79 Å². The van der Waals surface area contributed by atoms with E-state index in [0.717, 1.165) is 42.9 Å². The van der Waals surface area contributed by atoms with E-state index in [1.165, 1.54) is 0 Å². The molecule has 0 aromatic heterocycles. The molecular formula is C15H21ClN4O. The highest BCUT2D eigenvalue weighted by Crippen LogP contribution is 2.25. The Hall–Kier alpha value is -1.14. The van der Waals surface area contributed by atoms with Crippen molar-refractivity contribution in [2.45, 2.75) is 37.4 Å². The monoisotopic (exact) mass is 308 g/mol. The summed E-state index contributed by atoms with van der Waals surface area (Å²) >= 11 is 5.90. The van der Waals surface area contributed by atoms with Gasteiger partial charge in [-0.3, -0.25) is 4.79 Å². The first-order valence-corrected chi connectivity index (χ1v) is 7.82. The summed E-state index contributed by atoms with van der Waals surface area (Å²) < 4.78 is 0. The van der Waals surface area contributed by atoms with E-state index >= 15 is 0 Å². The van der Waals surface area contributed by atoms with E-state index in [1.807, 2.05) is 29.2 Å². The molecule has 2 atom stereocenters. The number of nitrogens with two attached hydrogens (primary N) is 1. The molecule has 1 aromatic carbocycles. The normalized spacial score (nSPS) is 27.0. The zero-order valence-electron chi connectivity index (χ0n) is 11.9. The van der Waals surface area contributed by atoms with Crippen molar-refractivity contribution < 1.29 is 4.79 Å². The molecule has 2 unspecified atom stereocenters. The number of halogens is 1. The lowest BCUT2D eigenvalue weighted by Gasteiger charge is -2.31. The lowest BCUT2D eigenvalue weighted by Crippen LogP contribution is -2.50. The maximum absolute atomic E-state index is 12.5. The molecule has 2 aliphatic rings. The zero-order chi connectivity index (χ0) is 14.8. The number of hydrazine groups is 1. The molecule has 0 aliphatic carbocycles. The molecule has 5 nitrogen and oxygen atoms in total. The maximum Gasteiger partial charge on any atom is 0.241 e. The third kappa shape index (κ3) is 3.37. The summed E-state index contributed by atoms with van der Waals surface area (Å²) in [6.45, 7) is 1.54. The van der Waals surface area contributed by atoms with E-state index in [2.05, 4.69) is 10.9 Å². The minimum atomic E-state index is -0.167. The van der Waals surface area contributed by atoms with Crippen LogP contribution in [-0.2, 0) is 4.79 Å². The Balaban J connectivity index is 1.59. The van der Waals surface area contributed by atoms with Gasteiger partial charge in [-0.05, 0) is 37.0 Å². The van der Waals surface area contributed by atoms with Crippen LogP contribution in [0, 0.1) is 0 Å². The highest BCUT2D eigenvalue weighted by atomic mass is 35.5. The first-order valence-electron chi connectivity index (χ1n) is 7.44. The van der Waals surface area contributed by atoms with Crippen molar-refractivity contribution in [3.8, 4) is 0 Å². The van der Waals surface area contributed by atoms with Crippen LogP contribution < -0.4 is 16.6 Å². The van der Waals surface area contributed by atoms with Crippen molar-refractivity contribution in [3.63, 3.8) is 0 Å². The van der Waals surface area contributed by atoms with Gasteiger partial charge in [0.25, 0.3) is 0 Å². The molecule has 0 bridgehead atoms. The Bertz CT molecular complexity index is 499. The minimum Gasteiger partial charge on any atom is -0.341 e. The summed E-state index contributed by atoms with van der Waals surface area (Å²) in [4.78, 5) is 14.4. The summed E-state index contributed by atoms with van der Waals surface area (Å²) in [5, 5.41) is 0.724. The topological polar surface area (TPSA) is 70.4 Å². The number of hydrogen-bond acceptors (Lipinski definition) is 4. The lowest BCUT2D eigenvalue weighted by atomic mass is 10.00. The smallest absolute Gasteiger partial charge is 0.241 e. The number of amides is 1. The molecule has 1 aromatic rings. The molecule has 2 aliphatic heterocycles. The van der Waals surface area contributed by atoms with Crippen LogP contribution >= 0.6 is 11.6 Å². The average Bonchev–Trinajstić information content (AvgIpc) is 2.98. The molecule has 2 heterocycles. The summed E-state index contributed by atoms with van der Waals surface area (Å²) in [7, 11) is 0. The lowest BCUT2D eigenvalue weighted by molar-refractivity contribution is -0.134. The summed E-state index contributed by atoms with van der Waals surface area (Å²) in [5.74, 6) is 0.172. The number of nitrogens with one attached hydrogen (secondary N) is 2. The zero-order valence-corrected chi connectivity index (χ0v) is 12.6. The third-order valence-corrected chi connectivity index (χ3v) is 4.58. The van der Waals surface area contributed by atoms with Gasteiger partial charge in [0.15, 0.2) is 0 Å². The first-order chi connectivity index (χ1) is 10.1. The second-order valence-electron chi connectivity index (χ2n) is 5.84. The van der Waals surface area contributed by atoms with Gasteiger partial charge in [-0.1, -0.05) is 23.7 Å². The van der Waals surface area contributed by atoms with Crippen LogP contribution in [0.15, 0.2) is 24.3 Å². The summed E-state index contributed by atoms with van der Waals surface area (Å²) in [5.41, 5.74) is 13.4. The third-order valence-electron chi connectivity index (χ3n) is 4.32. The van der Waals surface area contributed by atoms with Crippen LogP contribution in [0.1, 0.15) is 30.9 Å². The van der Waals surface area contributed by atoms with Gasteiger partial charge in [-0.2, -0.15) is 0 Å². The molecule has 21 heavy (non-hydrogen) atoms. The van der Waals surface area contributed by atoms with Gasteiger partial charge in [-0.15, -0.1) is 0 Å². The van der Waals surface area contributed by atoms with Crippen LogP contribution in [0.3, 0.4) is 0 Å². The number of piperidine rings is 1. The van der Waals surface area contributed by atoms with E-state index in [0.29, 0.717) is 0 Å². The Morgan fingerprint density at radius 2 is 1.86 bits per heavy atom. The molecule has 2 fully saturated rings. The van der Waals surface area contributed by atoms with E-state index in [-0.39, 0.29) is 24.0 Å². The van der Waals surface area contributed by atoms with Crippen molar-refractivity contribution >= 4 is 17.5 Å². The summed E-state index contributed by atoms with van der Waals surface area (Å²) in [6, 6.07) is 7.95. The highest BCUT2D eigenvalue weighted by Gasteiger charge is 2.33. The van der Waals surface area contributed by atoms with Crippen molar-refractivity contribution in [2.24, 2.45) is 5.73 Å². The Kier molecular flexibility index (Phi) is 4.45. The SMILES string of the molecule is NC1CCN(C(=O)C2CC(c3ccc(Cl)cc3)NN2)CC1. The average molecular weight is 309 g/mol. The Morgan fingerprint density at radius 1 is 1.19 bits per heavy atom. The standard InChI is InChI=1S/C15H21ClN4O/c16-11-3-1-10(2-4-11)13-9-14(19-18-13)15(21)20-7-5-12(17)6-8-20/h1-4,12-14,18-19H,5-9,17H2. The molecule has 0 spiro atoms. The quantitative estimate of drug-likeness (QED) is 0.768. The number of hydrogen-bond donors (Lipinski definition) is 3. The van der Waals surface area contributed by atoms with Crippen LogP contribution in [-0.4, -0.2) is 36.0 Å². The maximum atomic E-state index is 12.5. The second-order valence-corrected chi connectivity index (χ2v) is 6.28. The molecule has 1 amide bonds. The van der Waals surface area contributed by atoms with Gasteiger partial charge in [0.05, 0.1) is 0 Å². The number of nitrogens with zero attached hydrogens (tertiary/aromatic N) is 1. The molecule has 6 heteroatoms. The number of likely N-dealkylation sites (tertiary alicyclic amines) is 1. The van der Waals surface area contributed by atoms with Crippen LogP contribution in [0.25, 0.3) is 0 Å². The predicted molar refractivity (Wildman–Crippen MR) is 82.7 cm³/mol. The van der Waals surface area contributed by atoms with Crippen LogP contribution in [0.4, 0.5) is 0 Å². The fourth-order valence-corrected chi connectivity index (χ4v) is 3.10. The van der Waals surface area contributed by atoms with Gasteiger partial charge in [0, 0.05) is 30.2 Å². The van der Waals surface area contributed by atoms with Gasteiger partial charge in [0.1, 0.15) is 6.04 Å². The molecule has 0 saturated carbocycles. The van der Waals surface area contributed by atoms with Gasteiger partial charge in [0.2, 0.25) is 5.91 Å². The minimum absolute atomic E-state index is 0.142. The number of carbonyl (C=O) groups excluding carboxylic acids is 1. The van der Waals surface area contributed by atoms with Crippen molar-refractivity contribution in [2.75, 3.05) is 13.1 Å². The first kappa shape index (κ1) is 14.8. The van der Waals surface area contributed by atoms with E-state index in [1.54, 1.807) is 0 Å². The van der Waals surface area contributed by atoms with Gasteiger partial charge in [-0.25, -0.2) is 10.9 Å². The fourth-order valence-electron chi connectivity index (χ4n) is 2.97. The fraction of sp³-hybridized carbons (Fsp3) is 0.533. The number of carbonyl (C=O) groups is 1. The van der Waals surface area contributed by atoms with Crippen molar-refractivity contribution in [1.82, 2.24) is 15.8 Å². The van der Waals surface area contributed by atoms with Crippen LogP contribution in [0.5, 0.6) is 0 Å². The van der Waals surface area contributed by atoms with E-state index in [4.69, 9.17) is 17.3 Å². The molecule has 3 rings (SSSR count). The summed E-state index contributed by atoms with van der Waals surface area (Å²) in [6.07, 6.45) is 2.54. The van der Waals surface area contributed by atoms with Gasteiger partial charge < -0.3 is 10.6 Å². The highest BCUT2D eigenvalue weighted by molar-refractivity contribution is 6.30. The van der Waals surface area contributed by atoms with Crippen molar-refractivity contribution in [3.05, 3.63) is 34.9 Å². The Labute approximate surface area is 129 Å². The number of benzene rings is 1. The molecule has 2 saturated heterocycles. The Morgan fingerprint density at radius 3 is 2.52 bits per heavy atom. The predicted octanol–water partition coefficient (Wildman–Crippen LogP) is 1.20. The largest absolute Gasteiger partial charge is 0.341 e. The van der Waals surface area contributed by atoms with E-state index < -0.39 is 0 Å². The molecule has 0 radical (unpaired) electrons. The molecule has 114 valence electrons. The molecule has 4 N–H and O–H groups in total. The second kappa shape index (κ2) is 6.32. The van der Waals surface area contributed by atoms with Gasteiger partial charge >= 0.3 is 0 Å². The van der Waals surface area contributed by atoms with Crippen molar-refractivity contribution in [1.29, 1.82) is 0 Å². The molecular weight excluding hydrogens is 288 g/mol. The number of rotatable bonds is 2.